The van der Waals surface area contributed by atoms with Crippen molar-refractivity contribution in [3.63, 3.8) is 0 Å². The van der Waals surface area contributed by atoms with Crippen molar-refractivity contribution in [2.24, 2.45) is 0 Å². The van der Waals surface area contributed by atoms with Crippen molar-refractivity contribution in [1.82, 2.24) is 0 Å². The zero-order valence-electron chi connectivity index (χ0n) is 19.4. The molecule has 0 saturated heterocycles. The van der Waals surface area contributed by atoms with Gasteiger partial charge < -0.3 is 8.92 Å². The second kappa shape index (κ2) is 10.2. The smallest absolute Gasteiger partial charge is 0.469 e. The Morgan fingerprint density at radius 3 is 1.94 bits per heavy atom. The van der Waals surface area contributed by atoms with Gasteiger partial charge in [-0.2, -0.15) is 21.6 Å². The topological polar surface area (TPSA) is 69.7 Å². The number of carbonyl (C=O) groups excluding carboxylic acids is 1. The van der Waals surface area contributed by atoms with Crippen LogP contribution in [-0.4, -0.2) is 27.0 Å². The minimum atomic E-state index is -5.74. The molecule has 0 heterocycles. The Kier molecular flexibility index (Phi) is 8.22. The van der Waals surface area contributed by atoms with E-state index in [1.165, 1.54) is 20.1 Å². The van der Waals surface area contributed by atoms with Crippen LogP contribution in [0.1, 0.15) is 60.9 Å². The molecular formula is C24H29F3O5S. The molecule has 2 aromatic carbocycles. The van der Waals surface area contributed by atoms with Gasteiger partial charge in [-0.05, 0) is 67.0 Å². The highest BCUT2D eigenvalue weighted by Crippen LogP contribution is 2.41. The number of esters is 1. The number of hydrogen-bond donors (Lipinski definition) is 0. The first-order chi connectivity index (χ1) is 15.3. The number of methoxy groups -OCH3 is 1. The summed E-state index contributed by atoms with van der Waals surface area (Å²) < 4.78 is 69.9. The van der Waals surface area contributed by atoms with Crippen LogP contribution >= 0.6 is 0 Å². The summed E-state index contributed by atoms with van der Waals surface area (Å²) in [7, 11) is -4.39. The second-order valence-corrected chi connectivity index (χ2v) is 9.51. The third kappa shape index (κ3) is 5.69. The van der Waals surface area contributed by atoms with E-state index < -0.39 is 21.0 Å². The number of ether oxygens (including phenoxy) is 1. The number of carbonyl (C=O) groups is 1. The van der Waals surface area contributed by atoms with Crippen LogP contribution in [0.25, 0.3) is 0 Å². The average Bonchev–Trinajstić information content (AvgIpc) is 2.75. The minimum absolute atomic E-state index is 0.278. The summed E-state index contributed by atoms with van der Waals surface area (Å²) in [5.41, 5.74) is -1.71. The summed E-state index contributed by atoms with van der Waals surface area (Å²) in [6.45, 7) is 7.54. The molecule has 9 heteroatoms. The van der Waals surface area contributed by atoms with Crippen molar-refractivity contribution < 1.29 is 35.3 Å². The molecule has 0 aliphatic heterocycles. The quantitative estimate of drug-likeness (QED) is 0.257. The lowest BCUT2D eigenvalue weighted by atomic mass is 9.69. The Labute approximate surface area is 193 Å². The van der Waals surface area contributed by atoms with Crippen LogP contribution in [0.5, 0.6) is 5.75 Å². The third-order valence-corrected chi connectivity index (χ3v) is 7.10. The molecular weight excluding hydrogens is 457 g/mol. The first-order valence-corrected chi connectivity index (χ1v) is 12.0. The molecule has 0 aliphatic rings. The summed E-state index contributed by atoms with van der Waals surface area (Å²) in [4.78, 5) is 11.5. The summed E-state index contributed by atoms with van der Waals surface area (Å²) in [6.07, 6.45) is 2.27. The number of hydrogen-bond acceptors (Lipinski definition) is 5. The van der Waals surface area contributed by atoms with E-state index in [1.54, 1.807) is 12.1 Å². The summed E-state index contributed by atoms with van der Waals surface area (Å²) in [6, 6.07) is 10.6. The third-order valence-electron chi connectivity index (χ3n) is 6.14. The number of aryl methyl sites for hydroxylation is 3. The number of halogens is 3. The van der Waals surface area contributed by atoms with Crippen LogP contribution < -0.4 is 4.18 Å². The van der Waals surface area contributed by atoms with Crippen molar-refractivity contribution in [1.29, 1.82) is 0 Å². The normalized spacial score (nSPS) is 12.5. The van der Waals surface area contributed by atoms with Crippen molar-refractivity contribution >= 4 is 16.1 Å². The number of alkyl halides is 3. The van der Waals surface area contributed by atoms with Gasteiger partial charge in [0.15, 0.2) is 0 Å². The monoisotopic (exact) mass is 486 g/mol. The summed E-state index contributed by atoms with van der Waals surface area (Å²) >= 11 is 0. The van der Waals surface area contributed by atoms with Crippen LogP contribution in [0.4, 0.5) is 13.2 Å². The molecule has 0 saturated carbocycles. The predicted octanol–water partition coefficient (Wildman–Crippen LogP) is 5.74. The van der Waals surface area contributed by atoms with E-state index in [0.29, 0.717) is 19.3 Å². The molecule has 2 rings (SSSR count). The first kappa shape index (κ1) is 26.7. The van der Waals surface area contributed by atoms with Gasteiger partial charge in [0.2, 0.25) is 0 Å². The molecule has 2 aromatic rings. The molecule has 0 amide bonds. The lowest BCUT2D eigenvalue weighted by molar-refractivity contribution is -0.140. The zero-order chi connectivity index (χ0) is 25.0. The molecule has 0 unspecified atom stereocenters. The second-order valence-electron chi connectivity index (χ2n) is 7.97. The molecule has 0 N–H and O–H groups in total. The Hall–Kier alpha value is -2.55. The van der Waals surface area contributed by atoms with Gasteiger partial charge in [0.1, 0.15) is 5.75 Å². The maximum absolute atomic E-state index is 12.7. The number of benzene rings is 2. The fourth-order valence-electron chi connectivity index (χ4n) is 4.05. The Balaban J connectivity index is 2.44. The Morgan fingerprint density at radius 1 is 0.939 bits per heavy atom. The van der Waals surface area contributed by atoms with E-state index in [9.17, 15) is 26.4 Å². The van der Waals surface area contributed by atoms with Gasteiger partial charge in [-0.15, -0.1) is 0 Å². The van der Waals surface area contributed by atoms with Gasteiger partial charge in [0.25, 0.3) is 0 Å². The van der Waals surface area contributed by atoms with Crippen LogP contribution in [0.15, 0.2) is 36.4 Å². The van der Waals surface area contributed by atoms with Crippen LogP contribution in [-0.2, 0) is 31.5 Å². The Morgan fingerprint density at radius 2 is 1.48 bits per heavy atom. The largest absolute Gasteiger partial charge is 0.534 e. The van der Waals surface area contributed by atoms with Gasteiger partial charge >= 0.3 is 21.6 Å². The van der Waals surface area contributed by atoms with E-state index in [1.807, 2.05) is 32.9 Å². The molecule has 33 heavy (non-hydrogen) atoms. The molecule has 0 fully saturated rings. The first-order valence-electron chi connectivity index (χ1n) is 10.6. The number of rotatable bonds is 9. The lowest BCUT2D eigenvalue weighted by Crippen LogP contribution is -2.29. The van der Waals surface area contributed by atoms with Gasteiger partial charge in [0, 0.05) is 11.8 Å². The lowest BCUT2D eigenvalue weighted by Gasteiger charge is -2.34. The van der Waals surface area contributed by atoms with Gasteiger partial charge in [-0.25, -0.2) is 0 Å². The van der Waals surface area contributed by atoms with E-state index in [-0.39, 0.29) is 23.7 Å². The van der Waals surface area contributed by atoms with E-state index in [4.69, 9.17) is 4.74 Å². The van der Waals surface area contributed by atoms with Gasteiger partial charge in [0.05, 0.1) is 7.11 Å². The molecule has 0 atom stereocenters. The molecule has 0 radical (unpaired) electrons. The standard InChI is InChI=1S/C24H29F3O5S/c1-6-23(7-2,19-10-8-18(16(3)14-19)9-13-22(28)31-5)20-11-12-21(17(4)15-20)32-33(29,30)24(25,26)27/h8,10-12,14-15H,6-7,9,13H2,1-5H3. The molecule has 0 bridgehead atoms. The van der Waals surface area contributed by atoms with E-state index >= 15 is 0 Å². The fourth-order valence-corrected chi connectivity index (χ4v) is 4.57. The molecule has 0 aliphatic carbocycles. The van der Waals surface area contributed by atoms with Gasteiger partial charge in [-0.1, -0.05) is 44.2 Å². The van der Waals surface area contributed by atoms with Crippen LogP contribution in [0.3, 0.4) is 0 Å². The van der Waals surface area contributed by atoms with E-state index in [2.05, 4.69) is 10.2 Å². The average molecular weight is 487 g/mol. The maximum Gasteiger partial charge on any atom is 0.534 e. The zero-order valence-corrected chi connectivity index (χ0v) is 20.2. The predicted molar refractivity (Wildman–Crippen MR) is 120 cm³/mol. The maximum atomic E-state index is 12.7. The van der Waals surface area contributed by atoms with Crippen molar-refractivity contribution in [2.75, 3.05) is 7.11 Å². The highest BCUT2D eigenvalue weighted by atomic mass is 32.2. The molecule has 0 spiro atoms. The van der Waals surface area contributed by atoms with Crippen LogP contribution in [0, 0.1) is 13.8 Å². The molecule has 5 nitrogen and oxygen atoms in total. The van der Waals surface area contributed by atoms with Crippen molar-refractivity contribution in [2.45, 2.75) is 64.3 Å². The van der Waals surface area contributed by atoms with Crippen molar-refractivity contribution in [3.05, 3.63) is 64.2 Å². The fraction of sp³-hybridized carbons (Fsp3) is 0.458. The minimum Gasteiger partial charge on any atom is -0.469 e. The van der Waals surface area contributed by atoms with E-state index in [0.717, 1.165) is 22.3 Å². The van der Waals surface area contributed by atoms with Gasteiger partial charge in [-0.3, -0.25) is 4.79 Å². The highest BCUT2D eigenvalue weighted by molar-refractivity contribution is 7.88. The van der Waals surface area contributed by atoms with Crippen molar-refractivity contribution in [3.8, 4) is 5.75 Å². The Bertz CT molecular complexity index is 1100. The highest BCUT2D eigenvalue weighted by Gasteiger charge is 2.48. The SMILES string of the molecule is CCC(CC)(c1ccc(CCC(=O)OC)c(C)c1)c1ccc(OS(=O)(=O)C(F)(F)F)c(C)c1. The molecule has 182 valence electrons. The van der Waals surface area contributed by atoms with Crippen LogP contribution in [0.2, 0.25) is 0 Å². The summed E-state index contributed by atoms with van der Waals surface area (Å²) in [5, 5.41) is 0. The summed E-state index contributed by atoms with van der Waals surface area (Å²) in [5.74, 6) is -0.633. The molecule has 0 aromatic heterocycles.